The fourth-order valence-electron chi connectivity index (χ4n) is 1.15. The van der Waals surface area contributed by atoms with Crippen LogP contribution in [-0.2, 0) is 6.42 Å². The number of thioether (sulfide) groups is 1. The predicted molar refractivity (Wildman–Crippen MR) is 69.7 cm³/mol. The van der Waals surface area contributed by atoms with E-state index in [-0.39, 0.29) is 0 Å². The van der Waals surface area contributed by atoms with Gasteiger partial charge >= 0.3 is 0 Å². The van der Waals surface area contributed by atoms with Crippen LogP contribution in [0, 0.1) is 6.92 Å². The van der Waals surface area contributed by atoms with E-state index in [0.717, 1.165) is 10.7 Å². The maximum Gasteiger partial charge on any atom is 0.276 e. The smallest absolute Gasteiger partial charge is 0.276 e. The summed E-state index contributed by atoms with van der Waals surface area (Å²) in [5.41, 5.74) is 0.953. The fraction of sp³-hybridized carbons (Fsp3) is 0.300. The summed E-state index contributed by atoms with van der Waals surface area (Å²) in [7, 11) is 0. The van der Waals surface area contributed by atoms with Gasteiger partial charge in [0.2, 0.25) is 5.89 Å². The molecule has 0 saturated carbocycles. The molecule has 0 aromatic carbocycles. The Kier molecular flexibility index (Phi) is 4.20. The highest BCUT2D eigenvalue weighted by molar-refractivity contribution is 7.99. The van der Waals surface area contributed by atoms with Gasteiger partial charge in [0, 0.05) is 16.2 Å². The summed E-state index contributed by atoms with van der Waals surface area (Å²) in [4.78, 5) is 4.34. The van der Waals surface area contributed by atoms with Gasteiger partial charge in [-0.1, -0.05) is 29.9 Å². The standard InChI is InChI=1S/C10H10ClN3OS2/c1-6(11)4-17-10-14-13-9(15-10)3-8-5-16-7(2)12-8/h5H,1,3-4H2,2H3. The summed E-state index contributed by atoms with van der Waals surface area (Å²) in [6, 6.07) is 0. The summed E-state index contributed by atoms with van der Waals surface area (Å²) in [5, 5.41) is 12.0. The van der Waals surface area contributed by atoms with Crippen molar-refractivity contribution in [3.63, 3.8) is 0 Å². The Balaban J connectivity index is 1.96. The Morgan fingerprint density at radius 2 is 2.41 bits per heavy atom. The second kappa shape index (κ2) is 5.66. The molecule has 17 heavy (non-hydrogen) atoms. The molecule has 2 aromatic heterocycles. The highest BCUT2D eigenvalue weighted by Gasteiger charge is 2.09. The van der Waals surface area contributed by atoms with Gasteiger partial charge in [-0.15, -0.1) is 21.5 Å². The zero-order valence-electron chi connectivity index (χ0n) is 9.14. The van der Waals surface area contributed by atoms with Crippen molar-refractivity contribution in [3.8, 4) is 0 Å². The molecule has 0 atom stereocenters. The van der Waals surface area contributed by atoms with Crippen LogP contribution in [0.25, 0.3) is 0 Å². The van der Waals surface area contributed by atoms with Gasteiger partial charge in [-0.3, -0.25) is 0 Å². The first-order valence-corrected chi connectivity index (χ1v) is 7.07. The van der Waals surface area contributed by atoms with Crippen LogP contribution < -0.4 is 0 Å². The molecular weight excluding hydrogens is 278 g/mol. The molecule has 2 rings (SSSR count). The van der Waals surface area contributed by atoms with Gasteiger partial charge in [0.1, 0.15) is 0 Å². The third-order valence-corrected chi connectivity index (χ3v) is 3.82. The molecule has 0 aliphatic rings. The maximum atomic E-state index is 5.65. The Hall–Kier alpha value is -0.850. The van der Waals surface area contributed by atoms with Crippen molar-refractivity contribution < 1.29 is 4.42 Å². The van der Waals surface area contributed by atoms with E-state index in [4.69, 9.17) is 16.0 Å². The average Bonchev–Trinajstić information content (AvgIpc) is 2.86. The van der Waals surface area contributed by atoms with Crippen molar-refractivity contribution in [2.24, 2.45) is 0 Å². The zero-order valence-corrected chi connectivity index (χ0v) is 11.5. The highest BCUT2D eigenvalue weighted by atomic mass is 35.5. The summed E-state index contributed by atoms with van der Waals surface area (Å²) in [6.07, 6.45) is 0.569. The van der Waals surface area contributed by atoms with Gasteiger partial charge in [-0.25, -0.2) is 4.98 Å². The first-order valence-electron chi connectivity index (χ1n) is 4.83. The zero-order chi connectivity index (χ0) is 12.3. The number of hydrogen-bond donors (Lipinski definition) is 0. The largest absolute Gasteiger partial charge is 0.416 e. The molecule has 0 spiro atoms. The van der Waals surface area contributed by atoms with E-state index in [1.54, 1.807) is 11.3 Å². The van der Waals surface area contributed by atoms with Gasteiger partial charge in [0.15, 0.2) is 0 Å². The normalized spacial score (nSPS) is 10.7. The fourth-order valence-corrected chi connectivity index (χ4v) is 2.46. The first kappa shape index (κ1) is 12.6. The van der Waals surface area contributed by atoms with Crippen LogP contribution in [0.2, 0.25) is 0 Å². The molecule has 0 aliphatic carbocycles. The lowest BCUT2D eigenvalue weighted by Crippen LogP contribution is -1.88. The lowest BCUT2D eigenvalue weighted by Gasteiger charge is -1.92. The van der Waals surface area contributed by atoms with Gasteiger partial charge in [-0.05, 0) is 6.92 Å². The van der Waals surface area contributed by atoms with Crippen LogP contribution in [0.4, 0.5) is 0 Å². The van der Waals surface area contributed by atoms with E-state index in [2.05, 4.69) is 21.8 Å². The van der Waals surface area contributed by atoms with Crippen LogP contribution >= 0.6 is 34.7 Å². The van der Waals surface area contributed by atoms with E-state index in [1.807, 2.05) is 12.3 Å². The molecule has 0 amide bonds. The number of hydrogen-bond acceptors (Lipinski definition) is 6. The van der Waals surface area contributed by atoms with Crippen molar-refractivity contribution in [2.45, 2.75) is 18.6 Å². The number of thiazole rings is 1. The highest BCUT2D eigenvalue weighted by Crippen LogP contribution is 2.21. The average molecular weight is 288 g/mol. The minimum Gasteiger partial charge on any atom is -0.416 e. The number of aryl methyl sites for hydroxylation is 1. The van der Waals surface area contributed by atoms with Crippen molar-refractivity contribution >= 4 is 34.7 Å². The van der Waals surface area contributed by atoms with E-state index < -0.39 is 0 Å². The monoisotopic (exact) mass is 287 g/mol. The lowest BCUT2D eigenvalue weighted by atomic mass is 10.3. The van der Waals surface area contributed by atoms with E-state index in [9.17, 15) is 0 Å². The number of halogens is 1. The molecule has 7 heteroatoms. The van der Waals surface area contributed by atoms with E-state index in [0.29, 0.717) is 28.3 Å². The summed E-state index contributed by atoms with van der Waals surface area (Å²) in [6.45, 7) is 5.56. The molecule has 0 bridgehead atoms. The molecule has 4 nitrogen and oxygen atoms in total. The van der Waals surface area contributed by atoms with Gasteiger partial charge < -0.3 is 4.42 Å². The van der Waals surface area contributed by atoms with Crippen molar-refractivity contribution in [1.29, 1.82) is 0 Å². The quantitative estimate of drug-likeness (QED) is 0.790. The minimum atomic E-state index is 0.508. The van der Waals surface area contributed by atoms with Crippen LogP contribution in [0.1, 0.15) is 16.6 Å². The number of rotatable bonds is 5. The molecule has 2 aromatic rings. The van der Waals surface area contributed by atoms with Crippen molar-refractivity contribution in [1.82, 2.24) is 15.2 Å². The third-order valence-electron chi connectivity index (χ3n) is 1.80. The van der Waals surface area contributed by atoms with Crippen molar-refractivity contribution in [2.75, 3.05) is 5.75 Å². The van der Waals surface area contributed by atoms with Gasteiger partial charge in [0.05, 0.1) is 17.1 Å². The summed E-state index contributed by atoms with van der Waals surface area (Å²) < 4.78 is 5.45. The third kappa shape index (κ3) is 3.83. The maximum absolute atomic E-state index is 5.65. The molecule has 0 unspecified atom stereocenters. The van der Waals surface area contributed by atoms with Crippen LogP contribution in [-0.4, -0.2) is 20.9 Å². The van der Waals surface area contributed by atoms with Crippen LogP contribution in [0.5, 0.6) is 0 Å². The Morgan fingerprint density at radius 3 is 3.06 bits per heavy atom. The molecule has 0 aliphatic heterocycles. The van der Waals surface area contributed by atoms with E-state index >= 15 is 0 Å². The molecule has 0 N–H and O–H groups in total. The first-order chi connectivity index (χ1) is 8.13. The topological polar surface area (TPSA) is 51.8 Å². The second-order valence-electron chi connectivity index (χ2n) is 3.30. The Morgan fingerprint density at radius 1 is 1.59 bits per heavy atom. The van der Waals surface area contributed by atoms with Crippen molar-refractivity contribution in [3.05, 3.63) is 33.6 Å². The van der Waals surface area contributed by atoms with Crippen LogP contribution in [0.15, 0.2) is 26.6 Å². The second-order valence-corrected chi connectivity index (χ2v) is 5.83. The summed E-state index contributed by atoms with van der Waals surface area (Å²) >= 11 is 8.64. The lowest BCUT2D eigenvalue weighted by molar-refractivity contribution is 0.419. The van der Waals surface area contributed by atoms with Crippen LogP contribution in [0.3, 0.4) is 0 Å². The van der Waals surface area contributed by atoms with Gasteiger partial charge in [0.25, 0.3) is 5.22 Å². The predicted octanol–water partition coefficient (Wildman–Crippen LogP) is 3.27. The molecule has 0 saturated heterocycles. The molecule has 0 radical (unpaired) electrons. The molecule has 90 valence electrons. The number of aromatic nitrogens is 3. The SMILES string of the molecule is C=C(Cl)CSc1nnc(Cc2csc(C)n2)o1. The van der Waals surface area contributed by atoms with E-state index in [1.165, 1.54) is 11.8 Å². The molecular formula is C10H10ClN3OS2. The number of nitrogens with zero attached hydrogens (tertiary/aromatic N) is 3. The Labute approximate surface area is 112 Å². The van der Waals surface area contributed by atoms with Gasteiger partial charge in [-0.2, -0.15) is 0 Å². The minimum absolute atomic E-state index is 0.508. The Bertz CT molecular complexity index is 523. The summed E-state index contributed by atoms with van der Waals surface area (Å²) in [5.74, 6) is 1.14. The molecule has 2 heterocycles. The molecule has 0 fully saturated rings.